The number of nitrogens with one attached hydrogen (secondary N) is 1. The summed E-state index contributed by atoms with van der Waals surface area (Å²) in [5.41, 5.74) is 1.35. The number of ether oxygens (including phenoxy) is 2. The molecule has 0 atom stereocenters. The molecule has 2 aromatic rings. The number of hydrogen-bond donors (Lipinski definition) is 1. The number of carbonyl (C=O) groups is 1. The van der Waals surface area contributed by atoms with Crippen molar-refractivity contribution < 1.29 is 18.7 Å². The fourth-order valence-corrected chi connectivity index (χ4v) is 2.68. The number of aliphatic imine (C=N–C) groups is 1. The number of hydrogen-bond acceptors (Lipinski definition) is 5. The SMILES string of the molecule is COC(=O)Cc1[nH]n(-c2ccc(F)cc2)c(=O)c1C(C)=NCCCOC(C)C. The predicted molar refractivity (Wildman–Crippen MR) is 105 cm³/mol. The van der Waals surface area contributed by atoms with Gasteiger partial charge >= 0.3 is 5.97 Å². The molecule has 0 saturated carbocycles. The van der Waals surface area contributed by atoms with Gasteiger partial charge in [-0.1, -0.05) is 0 Å². The first-order chi connectivity index (χ1) is 13.3. The topological polar surface area (TPSA) is 85.7 Å². The Kier molecular flexibility index (Phi) is 7.69. The van der Waals surface area contributed by atoms with Gasteiger partial charge in [-0.15, -0.1) is 0 Å². The minimum absolute atomic E-state index is 0.0986. The molecule has 1 N–H and O–H groups in total. The number of esters is 1. The van der Waals surface area contributed by atoms with E-state index in [1.165, 1.54) is 36.1 Å². The van der Waals surface area contributed by atoms with Crippen molar-refractivity contribution in [3.8, 4) is 5.69 Å². The van der Waals surface area contributed by atoms with Gasteiger partial charge in [0.05, 0.1) is 36.6 Å². The smallest absolute Gasteiger partial charge is 0.311 e. The fraction of sp³-hybridized carbons (Fsp3) is 0.450. The lowest BCUT2D eigenvalue weighted by Gasteiger charge is -2.06. The third kappa shape index (κ3) is 5.63. The summed E-state index contributed by atoms with van der Waals surface area (Å²) in [6, 6.07) is 5.49. The number of carbonyl (C=O) groups excluding carboxylic acids is 1. The van der Waals surface area contributed by atoms with Crippen molar-refractivity contribution >= 4 is 11.7 Å². The van der Waals surface area contributed by atoms with Crippen LogP contribution in [-0.4, -0.2) is 47.8 Å². The van der Waals surface area contributed by atoms with Crippen LogP contribution in [0.1, 0.15) is 38.4 Å². The average Bonchev–Trinajstić information content (AvgIpc) is 2.97. The van der Waals surface area contributed by atoms with E-state index in [4.69, 9.17) is 9.47 Å². The van der Waals surface area contributed by atoms with Gasteiger partial charge in [-0.3, -0.25) is 19.7 Å². The summed E-state index contributed by atoms with van der Waals surface area (Å²) in [6.07, 6.45) is 0.779. The van der Waals surface area contributed by atoms with Gasteiger partial charge in [0.15, 0.2) is 0 Å². The Bertz CT molecular complexity index is 882. The number of methoxy groups -OCH3 is 1. The van der Waals surface area contributed by atoms with Gasteiger partial charge in [0.25, 0.3) is 5.56 Å². The predicted octanol–water partition coefficient (Wildman–Crippen LogP) is 2.64. The quantitative estimate of drug-likeness (QED) is 0.405. The molecule has 1 heterocycles. The maximum atomic E-state index is 13.2. The molecule has 0 radical (unpaired) electrons. The highest BCUT2D eigenvalue weighted by molar-refractivity contribution is 6.00. The van der Waals surface area contributed by atoms with Gasteiger partial charge < -0.3 is 9.47 Å². The van der Waals surface area contributed by atoms with Crippen molar-refractivity contribution in [2.75, 3.05) is 20.3 Å². The van der Waals surface area contributed by atoms with Gasteiger partial charge in [0.1, 0.15) is 5.82 Å². The molecular formula is C20H26FN3O4. The number of nitrogens with zero attached hydrogens (tertiary/aromatic N) is 2. The lowest BCUT2D eigenvalue weighted by Crippen LogP contribution is -2.20. The van der Waals surface area contributed by atoms with Crippen LogP contribution < -0.4 is 5.56 Å². The molecule has 2 rings (SSSR count). The Morgan fingerprint density at radius 1 is 1.29 bits per heavy atom. The zero-order valence-electron chi connectivity index (χ0n) is 16.6. The molecule has 0 aliphatic carbocycles. The van der Waals surface area contributed by atoms with Crippen molar-refractivity contribution in [2.45, 2.75) is 39.7 Å². The van der Waals surface area contributed by atoms with E-state index in [2.05, 4.69) is 10.1 Å². The van der Waals surface area contributed by atoms with Crippen LogP contribution in [0.2, 0.25) is 0 Å². The average molecular weight is 391 g/mol. The number of aromatic amines is 1. The second-order valence-corrected chi connectivity index (χ2v) is 6.58. The summed E-state index contributed by atoms with van der Waals surface area (Å²) in [6.45, 7) is 6.73. The highest BCUT2D eigenvalue weighted by Gasteiger charge is 2.20. The number of rotatable bonds is 9. The molecule has 152 valence electrons. The number of halogens is 1. The molecule has 7 nitrogen and oxygen atoms in total. The largest absolute Gasteiger partial charge is 0.469 e. The lowest BCUT2D eigenvalue weighted by atomic mass is 10.1. The summed E-state index contributed by atoms with van der Waals surface area (Å²) in [5, 5.41) is 2.92. The zero-order chi connectivity index (χ0) is 20.7. The molecule has 0 unspecified atom stereocenters. The van der Waals surface area contributed by atoms with Crippen molar-refractivity contribution in [1.82, 2.24) is 9.78 Å². The first-order valence-corrected chi connectivity index (χ1v) is 9.13. The van der Waals surface area contributed by atoms with Crippen LogP contribution >= 0.6 is 0 Å². The van der Waals surface area contributed by atoms with Crippen LogP contribution in [0, 0.1) is 5.82 Å². The fourth-order valence-electron chi connectivity index (χ4n) is 2.68. The van der Waals surface area contributed by atoms with E-state index in [9.17, 15) is 14.0 Å². The van der Waals surface area contributed by atoms with Crippen LogP contribution in [-0.2, 0) is 20.7 Å². The van der Waals surface area contributed by atoms with Crippen LogP contribution in [0.5, 0.6) is 0 Å². The van der Waals surface area contributed by atoms with E-state index >= 15 is 0 Å². The molecule has 0 spiro atoms. The molecule has 28 heavy (non-hydrogen) atoms. The van der Waals surface area contributed by atoms with Crippen LogP contribution in [0.25, 0.3) is 5.69 Å². The number of aromatic nitrogens is 2. The Balaban J connectivity index is 2.33. The monoisotopic (exact) mass is 391 g/mol. The standard InChI is InChI=1S/C20H26FN3O4/c1-13(2)28-11-5-10-22-14(3)19-17(12-18(25)27-4)23-24(20(19)26)16-8-6-15(21)7-9-16/h6-9,13,23H,5,10-12H2,1-4H3. The normalized spacial score (nSPS) is 11.9. The van der Waals surface area contributed by atoms with Crippen molar-refractivity contribution in [3.05, 3.63) is 51.7 Å². The molecule has 0 saturated heterocycles. The van der Waals surface area contributed by atoms with Crippen LogP contribution in [0.15, 0.2) is 34.1 Å². The van der Waals surface area contributed by atoms with Crippen LogP contribution in [0.4, 0.5) is 4.39 Å². The molecule has 8 heteroatoms. The highest BCUT2D eigenvalue weighted by Crippen LogP contribution is 2.11. The first kappa shape index (κ1) is 21.6. The van der Waals surface area contributed by atoms with Gasteiger partial charge in [0.2, 0.25) is 0 Å². The summed E-state index contributed by atoms with van der Waals surface area (Å²) in [4.78, 5) is 29.2. The van der Waals surface area contributed by atoms with E-state index in [-0.39, 0.29) is 18.1 Å². The lowest BCUT2D eigenvalue weighted by molar-refractivity contribution is -0.139. The summed E-state index contributed by atoms with van der Waals surface area (Å²) < 4.78 is 24.7. The minimum atomic E-state index is -0.480. The Hall–Kier alpha value is -2.74. The van der Waals surface area contributed by atoms with Crippen LogP contribution in [0.3, 0.4) is 0 Å². The van der Waals surface area contributed by atoms with E-state index in [0.717, 1.165) is 6.42 Å². The van der Waals surface area contributed by atoms with Crippen molar-refractivity contribution in [3.63, 3.8) is 0 Å². The van der Waals surface area contributed by atoms with E-state index in [0.29, 0.717) is 35.8 Å². The summed E-state index contributed by atoms with van der Waals surface area (Å²) in [7, 11) is 1.28. The van der Waals surface area contributed by atoms with Crippen molar-refractivity contribution in [1.29, 1.82) is 0 Å². The van der Waals surface area contributed by atoms with E-state index < -0.39 is 11.8 Å². The highest BCUT2D eigenvalue weighted by atomic mass is 19.1. The molecule has 1 aromatic heterocycles. The van der Waals surface area contributed by atoms with Gasteiger partial charge in [0, 0.05) is 18.9 Å². The molecule has 0 fully saturated rings. The summed E-state index contributed by atoms with van der Waals surface area (Å²) in [5.74, 6) is -0.883. The maximum absolute atomic E-state index is 13.2. The second kappa shape index (κ2) is 9.98. The molecule has 0 aliphatic heterocycles. The van der Waals surface area contributed by atoms with Gasteiger partial charge in [-0.05, 0) is 51.5 Å². The first-order valence-electron chi connectivity index (χ1n) is 9.13. The second-order valence-electron chi connectivity index (χ2n) is 6.58. The minimum Gasteiger partial charge on any atom is -0.469 e. The van der Waals surface area contributed by atoms with E-state index in [1.54, 1.807) is 6.92 Å². The Morgan fingerprint density at radius 3 is 2.57 bits per heavy atom. The third-order valence-electron chi connectivity index (χ3n) is 4.06. The number of benzene rings is 1. The Morgan fingerprint density at radius 2 is 1.96 bits per heavy atom. The molecule has 0 aliphatic rings. The van der Waals surface area contributed by atoms with Gasteiger partial charge in [-0.25, -0.2) is 9.07 Å². The zero-order valence-corrected chi connectivity index (χ0v) is 16.6. The Labute approximate surface area is 163 Å². The molecular weight excluding hydrogens is 365 g/mol. The maximum Gasteiger partial charge on any atom is 0.311 e. The molecule has 1 aromatic carbocycles. The van der Waals surface area contributed by atoms with E-state index in [1.807, 2.05) is 13.8 Å². The molecule has 0 bridgehead atoms. The van der Waals surface area contributed by atoms with Gasteiger partial charge in [-0.2, -0.15) is 0 Å². The summed E-state index contributed by atoms with van der Waals surface area (Å²) >= 11 is 0. The molecule has 0 amide bonds. The number of H-pyrrole nitrogens is 1. The van der Waals surface area contributed by atoms with Crippen molar-refractivity contribution in [2.24, 2.45) is 4.99 Å². The third-order valence-corrected chi connectivity index (χ3v) is 4.06.